The maximum atomic E-state index is 12.3. The molecule has 4 aliphatic rings. The third-order valence-corrected chi connectivity index (χ3v) is 8.46. The van der Waals surface area contributed by atoms with Crippen LogP contribution in [0, 0.1) is 11.8 Å². The van der Waals surface area contributed by atoms with E-state index in [0.29, 0.717) is 17.9 Å². The van der Waals surface area contributed by atoms with E-state index in [9.17, 15) is 9.90 Å². The Bertz CT molecular complexity index is 1380. The Labute approximate surface area is 223 Å². The molecule has 1 spiro atoms. The van der Waals surface area contributed by atoms with Crippen LogP contribution in [-0.4, -0.2) is 72.8 Å². The first kappa shape index (κ1) is 23.6. The lowest BCUT2D eigenvalue weighted by Crippen LogP contribution is -2.56. The predicted octanol–water partition coefficient (Wildman–Crippen LogP) is 3.97. The summed E-state index contributed by atoms with van der Waals surface area (Å²) < 4.78 is 1.94. The Morgan fingerprint density at radius 2 is 1.71 bits per heavy atom. The number of carbonyl (C=O) groups excluding carboxylic acids is 1. The maximum absolute atomic E-state index is 12.3. The zero-order valence-electron chi connectivity index (χ0n) is 22.0. The Kier molecular flexibility index (Phi) is 5.44. The summed E-state index contributed by atoms with van der Waals surface area (Å²) in [5.41, 5.74) is 4.74. The van der Waals surface area contributed by atoms with Gasteiger partial charge in [-0.15, -0.1) is 0 Å². The van der Waals surface area contributed by atoms with Crippen molar-refractivity contribution in [2.75, 3.05) is 19.6 Å². The number of pyridine rings is 1. The average molecular weight is 511 g/mol. The van der Waals surface area contributed by atoms with E-state index in [0.717, 1.165) is 79.1 Å². The quantitative estimate of drug-likeness (QED) is 0.520. The molecule has 2 aliphatic heterocycles. The molecule has 2 saturated carbocycles. The molecule has 7 rings (SSSR count). The highest BCUT2D eigenvalue weighted by Crippen LogP contribution is 2.49. The molecule has 2 aromatic heterocycles. The van der Waals surface area contributed by atoms with Gasteiger partial charge in [-0.25, -0.2) is 0 Å². The molecule has 1 saturated heterocycles. The summed E-state index contributed by atoms with van der Waals surface area (Å²) in [5, 5.41) is 15.6. The molecule has 0 radical (unpaired) electrons. The number of nitrogens with zero attached hydrogens (tertiary/aromatic N) is 6. The molecule has 196 valence electrons. The summed E-state index contributed by atoms with van der Waals surface area (Å²) in [5.74, 6) is 1.85. The van der Waals surface area contributed by atoms with E-state index in [2.05, 4.69) is 59.2 Å². The van der Waals surface area contributed by atoms with Gasteiger partial charge in [0.25, 0.3) is 0 Å². The lowest BCUT2D eigenvalue weighted by molar-refractivity contribution is -0.139. The van der Waals surface area contributed by atoms with Gasteiger partial charge in [-0.05, 0) is 51.2 Å². The van der Waals surface area contributed by atoms with Gasteiger partial charge in [0.15, 0.2) is 6.23 Å². The van der Waals surface area contributed by atoms with Crippen LogP contribution in [0.4, 0.5) is 0 Å². The molecular weight excluding hydrogens is 476 g/mol. The molecule has 0 bridgehead atoms. The van der Waals surface area contributed by atoms with Gasteiger partial charge in [0, 0.05) is 66.6 Å². The van der Waals surface area contributed by atoms with Gasteiger partial charge in [-0.2, -0.15) is 5.10 Å². The standard InChI is InChI=1S/C30H34N6O2/c1-19(2)36-18-25(14-32-36)26-10-9-24(13-31-26)21-3-5-22(6-4-21)27-33-30(11-12-30)29(38)35(27)17-20-15-34(16-20)28(37)23-7-8-23/h3-6,9-10,13-14,18-20,23,29,38H,7-8,11-12,15-17H2,1-2H3. The van der Waals surface area contributed by atoms with Crippen LogP contribution in [0.3, 0.4) is 0 Å². The predicted molar refractivity (Wildman–Crippen MR) is 145 cm³/mol. The molecule has 1 aromatic carbocycles. The van der Waals surface area contributed by atoms with Gasteiger partial charge in [-0.1, -0.05) is 30.3 Å². The third-order valence-electron chi connectivity index (χ3n) is 8.46. The van der Waals surface area contributed by atoms with Gasteiger partial charge in [-0.3, -0.25) is 19.5 Å². The molecule has 1 N–H and O–H groups in total. The number of amides is 1. The van der Waals surface area contributed by atoms with Crippen LogP contribution < -0.4 is 0 Å². The summed E-state index contributed by atoms with van der Waals surface area (Å²) in [6, 6.07) is 12.9. The van der Waals surface area contributed by atoms with Crippen LogP contribution >= 0.6 is 0 Å². The molecular formula is C30H34N6O2. The zero-order valence-corrected chi connectivity index (χ0v) is 22.0. The molecule has 8 nitrogen and oxygen atoms in total. The molecule has 3 fully saturated rings. The average Bonchev–Trinajstić information content (AvgIpc) is 3.83. The topological polar surface area (TPSA) is 86.9 Å². The van der Waals surface area contributed by atoms with Crippen molar-refractivity contribution in [3.05, 3.63) is 60.6 Å². The SMILES string of the molecule is CC(C)n1cc(-c2ccc(-c3ccc(C4=NC5(CC5)C(O)N4CC4CN(C(=O)C5CC5)C4)cc3)cn2)cn1. The van der Waals surface area contributed by atoms with Crippen LogP contribution in [0.1, 0.15) is 51.1 Å². The van der Waals surface area contributed by atoms with Crippen molar-refractivity contribution in [1.82, 2.24) is 24.6 Å². The van der Waals surface area contributed by atoms with Gasteiger partial charge < -0.3 is 14.9 Å². The van der Waals surface area contributed by atoms with E-state index in [1.165, 1.54) is 0 Å². The minimum Gasteiger partial charge on any atom is -0.371 e. The molecule has 1 atom stereocenters. The Balaban J connectivity index is 1.05. The van der Waals surface area contributed by atoms with E-state index < -0.39 is 6.23 Å². The van der Waals surface area contributed by atoms with Crippen molar-refractivity contribution in [2.45, 2.75) is 57.3 Å². The maximum Gasteiger partial charge on any atom is 0.225 e. The highest BCUT2D eigenvalue weighted by atomic mass is 16.3. The molecule has 4 heterocycles. The summed E-state index contributed by atoms with van der Waals surface area (Å²) >= 11 is 0. The number of aliphatic hydroxyl groups excluding tert-OH is 1. The van der Waals surface area contributed by atoms with Gasteiger partial charge >= 0.3 is 0 Å². The number of hydrogen-bond acceptors (Lipinski definition) is 6. The molecule has 1 unspecified atom stereocenters. The first-order valence-electron chi connectivity index (χ1n) is 13.8. The van der Waals surface area contributed by atoms with Crippen molar-refractivity contribution in [1.29, 1.82) is 0 Å². The lowest BCUT2D eigenvalue weighted by Gasteiger charge is -2.42. The minimum absolute atomic E-state index is 0.272. The number of aromatic nitrogens is 3. The highest BCUT2D eigenvalue weighted by molar-refractivity contribution is 6.01. The molecule has 8 heteroatoms. The minimum atomic E-state index is -0.581. The molecule has 1 amide bonds. The second-order valence-electron chi connectivity index (χ2n) is 11.8. The summed E-state index contributed by atoms with van der Waals surface area (Å²) in [7, 11) is 0. The number of benzene rings is 1. The van der Waals surface area contributed by atoms with E-state index in [-0.39, 0.29) is 11.5 Å². The zero-order chi connectivity index (χ0) is 26.0. The van der Waals surface area contributed by atoms with Gasteiger partial charge in [0.1, 0.15) is 11.4 Å². The van der Waals surface area contributed by atoms with E-state index in [1.54, 1.807) is 0 Å². The van der Waals surface area contributed by atoms with Crippen LogP contribution in [0.2, 0.25) is 0 Å². The van der Waals surface area contributed by atoms with Crippen LogP contribution in [0.25, 0.3) is 22.4 Å². The Morgan fingerprint density at radius 1 is 1.00 bits per heavy atom. The Morgan fingerprint density at radius 3 is 2.32 bits per heavy atom. The van der Waals surface area contributed by atoms with Crippen LogP contribution in [-0.2, 0) is 4.79 Å². The van der Waals surface area contributed by atoms with Gasteiger partial charge in [0.2, 0.25) is 5.91 Å². The Hall–Kier alpha value is -3.52. The van der Waals surface area contributed by atoms with E-state index >= 15 is 0 Å². The first-order chi connectivity index (χ1) is 18.4. The first-order valence-corrected chi connectivity index (χ1v) is 13.8. The second-order valence-corrected chi connectivity index (χ2v) is 11.8. The van der Waals surface area contributed by atoms with E-state index in [1.807, 2.05) is 34.2 Å². The molecule has 38 heavy (non-hydrogen) atoms. The fourth-order valence-corrected chi connectivity index (χ4v) is 5.69. The van der Waals surface area contributed by atoms with Crippen LogP contribution in [0.5, 0.6) is 0 Å². The fourth-order valence-electron chi connectivity index (χ4n) is 5.69. The number of rotatable bonds is 7. The monoisotopic (exact) mass is 510 g/mol. The summed E-state index contributed by atoms with van der Waals surface area (Å²) in [6.07, 6.45) is 9.16. The largest absolute Gasteiger partial charge is 0.371 e. The van der Waals surface area contributed by atoms with Crippen molar-refractivity contribution in [3.8, 4) is 22.4 Å². The number of aliphatic imine (C=N–C) groups is 1. The third kappa shape index (κ3) is 4.11. The number of carbonyl (C=O) groups is 1. The number of likely N-dealkylation sites (tertiary alicyclic amines) is 1. The lowest BCUT2D eigenvalue weighted by atomic mass is 9.97. The van der Waals surface area contributed by atoms with Crippen molar-refractivity contribution in [2.24, 2.45) is 16.8 Å². The number of hydrogen-bond donors (Lipinski definition) is 1. The fraction of sp³-hybridized carbons (Fsp3) is 0.467. The van der Waals surface area contributed by atoms with Crippen molar-refractivity contribution in [3.63, 3.8) is 0 Å². The van der Waals surface area contributed by atoms with E-state index in [4.69, 9.17) is 4.99 Å². The van der Waals surface area contributed by atoms with Crippen LogP contribution in [0.15, 0.2) is 60.0 Å². The van der Waals surface area contributed by atoms with Gasteiger partial charge in [0.05, 0.1) is 11.9 Å². The number of aliphatic hydroxyl groups is 1. The smallest absolute Gasteiger partial charge is 0.225 e. The summed E-state index contributed by atoms with van der Waals surface area (Å²) in [6.45, 7) is 6.53. The highest BCUT2D eigenvalue weighted by Gasteiger charge is 2.57. The van der Waals surface area contributed by atoms with Crippen molar-refractivity contribution < 1.29 is 9.90 Å². The molecule has 2 aliphatic carbocycles. The molecule has 3 aromatic rings. The van der Waals surface area contributed by atoms with Crippen molar-refractivity contribution >= 4 is 11.7 Å². The second kappa shape index (κ2) is 8.76. The normalized spacial score (nSPS) is 22.2. The summed E-state index contributed by atoms with van der Waals surface area (Å²) in [4.78, 5) is 26.1. The number of amidine groups is 1.